The average molecular weight is 275 g/mol. The molecule has 1 aromatic carbocycles. The van der Waals surface area contributed by atoms with E-state index in [0.717, 1.165) is 60.6 Å². The van der Waals surface area contributed by atoms with Gasteiger partial charge in [0, 0.05) is 25.6 Å². The molecule has 5 nitrogen and oxygen atoms in total. The fourth-order valence-corrected chi connectivity index (χ4v) is 2.61. The van der Waals surface area contributed by atoms with Crippen molar-refractivity contribution in [3.05, 3.63) is 18.0 Å². The van der Waals surface area contributed by atoms with Gasteiger partial charge in [0.1, 0.15) is 19.0 Å². The van der Waals surface area contributed by atoms with E-state index in [1.165, 1.54) is 0 Å². The Balaban J connectivity index is 1.85. The van der Waals surface area contributed by atoms with E-state index in [4.69, 9.17) is 20.2 Å². The maximum absolute atomic E-state index is 5.63. The van der Waals surface area contributed by atoms with Crippen molar-refractivity contribution in [2.24, 2.45) is 12.8 Å². The van der Waals surface area contributed by atoms with E-state index in [-0.39, 0.29) is 0 Å². The number of unbranched alkanes of at least 4 members (excludes halogenated alkanes) is 2. The van der Waals surface area contributed by atoms with E-state index in [0.29, 0.717) is 13.2 Å². The summed E-state index contributed by atoms with van der Waals surface area (Å²) in [5, 5.41) is 0. The lowest BCUT2D eigenvalue weighted by molar-refractivity contribution is 0.172. The van der Waals surface area contributed by atoms with Crippen LogP contribution in [0.5, 0.6) is 11.5 Å². The fourth-order valence-electron chi connectivity index (χ4n) is 2.61. The number of nitrogens with two attached hydrogens (primary N) is 1. The Hall–Kier alpha value is -1.75. The van der Waals surface area contributed by atoms with Crippen LogP contribution in [0.15, 0.2) is 12.1 Å². The number of benzene rings is 1. The molecule has 108 valence electrons. The van der Waals surface area contributed by atoms with E-state index < -0.39 is 0 Å². The molecule has 2 aromatic rings. The van der Waals surface area contributed by atoms with Gasteiger partial charge in [-0.15, -0.1) is 0 Å². The first-order valence-corrected chi connectivity index (χ1v) is 7.24. The molecule has 0 unspecified atom stereocenters. The SMILES string of the molecule is Cn1c(CCCCCN)nc2cc3c(cc21)OCCO3. The van der Waals surface area contributed by atoms with Gasteiger partial charge in [-0.2, -0.15) is 0 Å². The lowest BCUT2D eigenvalue weighted by Crippen LogP contribution is -2.15. The molecule has 0 bridgehead atoms. The Kier molecular flexibility index (Phi) is 3.78. The number of hydrogen-bond donors (Lipinski definition) is 1. The van der Waals surface area contributed by atoms with Crippen molar-refractivity contribution in [1.82, 2.24) is 9.55 Å². The summed E-state index contributed by atoms with van der Waals surface area (Å²) in [5.41, 5.74) is 7.60. The molecule has 0 radical (unpaired) electrons. The number of nitrogens with zero attached hydrogens (tertiary/aromatic N) is 2. The summed E-state index contributed by atoms with van der Waals surface area (Å²) < 4.78 is 13.4. The van der Waals surface area contributed by atoms with Gasteiger partial charge >= 0.3 is 0 Å². The molecule has 1 aliphatic rings. The van der Waals surface area contributed by atoms with Crippen molar-refractivity contribution in [2.45, 2.75) is 25.7 Å². The third-order valence-corrected chi connectivity index (χ3v) is 3.74. The van der Waals surface area contributed by atoms with Crippen LogP contribution in [0.25, 0.3) is 11.0 Å². The molecule has 0 saturated heterocycles. The van der Waals surface area contributed by atoms with Crippen LogP contribution < -0.4 is 15.2 Å². The average Bonchev–Trinajstić information content (AvgIpc) is 2.77. The normalized spacial score (nSPS) is 13.9. The molecule has 5 heteroatoms. The first-order chi connectivity index (χ1) is 9.79. The van der Waals surface area contributed by atoms with E-state index in [1.54, 1.807) is 0 Å². The number of hydrogen-bond acceptors (Lipinski definition) is 4. The van der Waals surface area contributed by atoms with Gasteiger partial charge in [0.25, 0.3) is 0 Å². The smallest absolute Gasteiger partial charge is 0.163 e. The highest BCUT2D eigenvalue weighted by Crippen LogP contribution is 2.34. The second kappa shape index (κ2) is 5.71. The van der Waals surface area contributed by atoms with Crippen molar-refractivity contribution in [3.8, 4) is 11.5 Å². The number of fused-ring (bicyclic) bond motifs is 2. The Morgan fingerprint density at radius 1 is 1.15 bits per heavy atom. The summed E-state index contributed by atoms with van der Waals surface area (Å²) in [4.78, 5) is 4.71. The number of ether oxygens (including phenoxy) is 2. The van der Waals surface area contributed by atoms with E-state index >= 15 is 0 Å². The summed E-state index contributed by atoms with van der Waals surface area (Å²) in [7, 11) is 2.06. The predicted octanol–water partition coefficient (Wildman–Crippen LogP) is 2.02. The molecule has 3 rings (SSSR count). The Bertz CT molecular complexity index is 607. The highest BCUT2D eigenvalue weighted by atomic mass is 16.6. The van der Waals surface area contributed by atoms with Crippen molar-refractivity contribution >= 4 is 11.0 Å². The van der Waals surface area contributed by atoms with Crippen molar-refractivity contribution in [1.29, 1.82) is 0 Å². The molecule has 0 spiro atoms. The Morgan fingerprint density at radius 2 is 1.90 bits per heavy atom. The third kappa shape index (κ3) is 2.45. The number of imidazole rings is 1. The molecule has 0 amide bonds. The summed E-state index contributed by atoms with van der Waals surface area (Å²) in [6.07, 6.45) is 4.35. The number of aryl methyl sites for hydroxylation is 2. The summed E-state index contributed by atoms with van der Waals surface area (Å²) in [6, 6.07) is 4.01. The summed E-state index contributed by atoms with van der Waals surface area (Å²) in [6.45, 7) is 1.99. The molecule has 0 fully saturated rings. The van der Waals surface area contributed by atoms with Crippen LogP contribution in [-0.2, 0) is 13.5 Å². The summed E-state index contributed by atoms with van der Waals surface area (Å²) >= 11 is 0. The zero-order valence-corrected chi connectivity index (χ0v) is 11.9. The van der Waals surface area contributed by atoms with Crippen LogP contribution in [0.2, 0.25) is 0 Å². The Labute approximate surface area is 118 Å². The minimum Gasteiger partial charge on any atom is -0.486 e. The second-order valence-electron chi connectivity index (χ2n) is 5.17. The molecule has 0 aliphatic carbocycles. The zero-order valence-electron chi connectivity index (χ0n) is 11.9. The van der Waals surface area contributed by atoms with E-state index in [1.807, 2.05) is 12.1 Å². The highest BCUT2D eigenvalue weighted by molar-refractivity contribution is 5.80. The minimum absolute atomic E-state index is 0.608. The van der Waals surface area contributed by atoms with Crippen LogP contribution in [0.1, 0.15) is 25.1 Å². The molecule has 2 heterocycles. The van der Waals surface area contributed by atoms with Gasteiger partial charge in [0.05, 0.1) is 11.0 Å². The lowest BCUT2D eigenvalue weighted by atomic mass is 10.2. The van der Waals surface area contributed by atoms with Crippen molar-refractivity contribution < 1.29 is 9.47 Å². The first kappa shape index (κ1) is 13.2. The zero-order chi connectivity index (χ0) is 13.9. The van der Waals surface area contributed by atoms with Crippen LogP contribution in [-0.4, -0.2) is 29.3 Å². The topological polar surface area (TPSA) is 62.3 Å². The van der Waals surface area contributed by atoms with Gasteiger partial charge in [0.2, 0.25) is 0 Å². The standard InChI is InChI=1S/C15H21N3O2/c1-18-12-10-14-13(19-7-8-20-14)9-11(12)17-15(18)5-3-2-4-6-16/h9-10H,2-8,16H2,1H3. The second-order valence-corrected chi connectivity index (χ2v) is 5.17. The van der Waals surface area contributed by atoms with Crippen LogP contribution >= 0.6 is 0 Å². The molecule has 20 heavy (non-hydrogen) atoms. The summed E-state index contributed by atoms with van der Waals surface area (Å²) in [5.74, 6) is 2.73. The molecule has 0 atom stereocenters. The lowest BCUT2D eigenvalue weighted by Gasteiger charge is -2.18. The predicted molar refractivity (Wildman–Crippen MR) is 78.3 cm³/mol. The fraction of sp³-hybridized carbons (Fsp3) is 0.533. The van der Waals surface area contributed by atoms with Crippen LogP contribution in [0, 0.1) is 0 Å². The molecular weight excluding hydrogens is 254 g/mol. The number of aromatic nitrogens is 2. The molecule has 0 saturated carbocycles. The van der Waals surface area contributed by atoms with Gasteiger partial charge in [-0.3, -0.25) is 0 Å². The van der Waals surface area contributed by atoms with Crippen molar-refractivity contribution in [2.75, 3.05) is 19.8 Å². The minimum atomic E-state index is 0.608. The highest BCUT2D eigenvalue weighted by Gasteiger charge is 2.16. The van der Waals surface area contributed by atoms with Gasteiger partial charge in [-0.05, 0) is 19.4 Å². The monoisotopic (exact) mass is 275 g/mol. The largest absolute Gasteiger partial charge is 0.486 e. The molecule has 1 aliphatic heterocycles. The van der Waals surface area contributed by atoms with Crippen LogP contribution in [0.4, 0.5) is 0 Å². The molecule has 2 N–H and O–H groups in total. The van der Waals surface area contributed by atoms with Gasteiger partial charge in [-0.25, -0.2) is 4.98 Å². The quantitative estimate of drug-likeness (QED) is 0.848. The maximum Gasteiger partial charge on any atom is 0.163 e. The Morgan fingerprint density at radius 3 is 2.65 bits per heavy atom. The maximum atomic E-state index is 5.63. The van der Waals surface area contributed by atoms with Gasteiger partial charge in [0.15, 0.2) is 11.5 Å². The van der Waals surface area contributed by atoms with Gasteiger partial charge < -0.3 is 19.8 Å². The van der Waals surface area contributed by atoms with Gasteiger partial charge in [-0.1, -0.05) is 6.42 Å². The molecule has 1 aromatic heterocycles. The number of rotatable bonds is 5. The third-order valence-electron chi connectivity index (χ3n) is 3.74. The first-order valence-electron chi connectivity index (χ1n) is 7.24. The van der Waals surface area contributed by atoms with Crippen LogP contribution in [0.3, 0.4) is 0 Å². The van der Waals surface area contributed by atoms with E-state index in [9.17, 15) is 0 Å². The van der Waals surface area contributed by atoms with E-state index in [2.05, 4.69) is 11.6 Å². The van der Waals surface area contributed by atoms with Crippen molar-refractivity contribution in [3.63, 3.8) is 0 Å². The molecular formula is C15H21N3O2.